The number of benzene rings is 1. The van der Waals surface area contributed by atoms with Gasteiger partial charge in [0, 0.05) is 23.9 Å². The van der Waals surface area contributed by atoms with Crippen LogP contribution in [0, 0.1) is 6.92 Å². The maximum atomic E-state index is 11.0. The first kappa shape index (κ1) is 10.6. The SMILES string of the molecule is CCn1cc(-c2ccccc2C=O)c(C)n1. The van der Waals surface area contributed by atoms with Crippen molar-refractivity contribution in [3.63, 3.8) is 0 Å². The Hall–Kier alpha value is -1.90. The van der Waals surface area contributed by atoms with Crippen molar-refractivity contribution < 1.29 is 4.79 Å². The first-order valence-corrected chi connectivity index (χ1v) is 5.35. The molecule has 0 amide bonds. The lowest BCUT2D eigenvalue weighted by Gasteiger charge is -2.01. The Balaban J connectivity index is 2.57. The molecular formula is C13H14N2O. The quantitative estimate of drug-likeness (QED) is 0.736. The number of nitrogens with zero attached hydrogens (tertiary/aromatic N) is 2. The van der Waals surface area contributed by atoms with Gasteiger partial charge in [-0.25, -0.2) is 0 Å². The minimum atomic E-state index is 0.709. The second-order valence-electron chi connectivity index (χ2n) is 3.69. The Labute approximate surface area is 94.7 Å². The van der Waals surface area contributed by atoms with Gasteiger partial charge in [0.05, 0.1) is 5.69 Å². The summed E-state index contributed by atoms with van der Waals surface area (Å²) < 4.78 is 1.88. The molecule has 0 fully saturated rings. The molecule has 1 aromatic heterocycles. The van der Waals surface area contributed by atoms with E-state index in [1.165, 1.54) is 0 Å². The summed E-state index contributed by atoms with van der Waals surface area (Å²) >= 11 is 0. The lowest BCUT2D eigenvalue weighted by Crippen LogP contribution is -1.93. The molecule has 0 aliphatic heterocycles. The number of hydrogen-bond acceptors (Lipinski definition) is 2. The average Bonchev–Trinajstić information content (AvgIpc) is 2.70. The van der Waals surface area contributed by atoms with Crippen LogP contribution in [0.15, 0.2) is 30.5 Å². The van der Waals surface area contributed by atoms with Gasteiger partial charge in [-0.2, -0.15) is 5.10 Å². The lowest BCUT2D eigenvalue weighted by molar-refractivity contribution is 0.112. The number of rotatable bonds is 3. The van der Waals surface area contributed by atoms with Crippen molar-refractivity contribution in [2.75, 3.05) is 0 Å². The van der Waals surface area contributed by atoms with Crippen LogP contribution in [0.4, 0.5) is 0 Å². The fraction of sp³-hybridized carbons (Fsp3) is 0.231. The van der Waals surface area contributed by atoms with Gasteiger partial charge in [-0.3, -0.25) is 9.48 Å². The largest absolute Gasteiger partial charge is 0.298 e. The van der Waals surface area contributed by atoms with Gasteiger partial charge in [-0.15, -0.1) is 0 Å². The van der Waals surface area contributed by atoms with Crippen molar-refractivity contribution in [1.29, 1.82) is 0 Å². The van der Waals surface area contributed by atoms with Crippen LogP contribution in [0.1, 0.15) is 23.0 Å². The number of aldehydes is 1. The predicted octanol–water partition coefficient (Wildman–Crippen LogP) is 2.69. The highest BCUT2D eigenvalue weighted by atomic mass is 16.1. The van der Waals surface area contributed by atoms with Gasteiger partial charge in [0.1, 0.15) is 0 Å². The monoisotopic (exact) mass is 214 g/mol. The highest BCUT2D eigenvalue weighted by Crippen LogP contribution is 2.25. The van der Waals surface area contributed by atoms with E-state index in [0.29, 0.717) is 5.56 Å². The smallest absolute Gasteiger partial charge is 0.150 e. The molecular weight excluding hydrogens is 200 g/mol. The van der Waals surface area contributed by atoms with E-state index in [1.807, 2.05) is 49.0 Å². The number of carbonyl (C=O) groups excluding carboxylic acids is 1. The summed E-state index contributed by atoms with van der Waals surface area (Å²) in [5.41, 5.74) is 3.65. The maximum Gasteiger partial charge on any atom is 0.150 e. The van der Waals surface area contributed by atoms with Gasteiger partial charge < -0.3 is 0 Å². The molecule has 0 atom stereocenters. The molecule has 3 nitrogen and oxygen atoms in total. The summed E-state index contributed by atoms with van der Waals surface area (Å²) in [6.07, 6.45) is 2.87. The molecule has 1 aromatic carbocycles. The van der Waals surface area contributed by atoms with E-state index < -0.39 is 0 Å². The standard InChI is InChI=1S/C13H14N2O/c1-3-15-8-13(10(2)14-15)12-7-5-4-6-11(12)9-16/h4-9H,3H2,1-2H3. The van der Waals surface area contributed by atoms with E-state index in [-0.39, 0.29) is 0 Å². The molecule has 0 N–H and O–H groups in total. The van der Waals surface area contributed by atoms with E-state index in [4.69, 9.17) is 0 Å². The van der Waals surface area contributed by atoms with Crippen LogP contribution >= 0.6 is 0 Å². The molecule has 2 rings (SSSR count). The number of carbonyl (C=O) groups is 1. The minimum absolute atomic E-state index is 0.709. The van der Waals surface area contributed by atoms with Crippen molar-refractivity contribution in [2.45, 2.75) is 20.4 Å². The Morgan fingerprint density at radius 3 is 2.69 bits per heavy atom. The van der Waals surface area contributed by atoms with Crippen LogP contribution in [0.5, 0.6) is 0 Å². The van der Waals surface area contributed by atoms with Crippen LogP contribution in [-0.2, 0) is 6.54 Å². The predicted molar refractivity (Wildman–Crippen MR) is 63.5 cm³/mol. The topological polar surface area (TPSA) is 34.9 Å². The highest BCUT2D eigenvalue weighted by Gasteiger charge is 2.09. The molecule has 16 heavy (non-hydrogen) atoms. The molecule has 0 spiro atoms. The van der Waals surface area contributed by atoms with Crippen molar-refractivity contribution >= 4 is 6.29 Å². The fourth-order valence-corrected chi connectivity index (χ4v) is 1.79. The number of aromatic nitrogens is 2. The van der Waals surface area contributed by atoms with Gasteiger partial charge in [0.2, 0.25) is 0 Å². The molecule has 0 unspecified atom stereocenters. The molecule has 82 valence electrons. The molecule has 0 aliphatic carbocycles. The molecule has 0 saturated heterocycles. The van der Waals surface area contributed by atoms with Crippen molar-refractivity contribution in [3.05, 3.63) is 41.7 Å². The summed E-state index contributed by atoms with van der Waals surface area (Å²) in [6.45, 7) is 4.84. The van der Waals surface area contributed by atoms with Crippen molar-refractivity contribution in [3.8, 4) is 11.1 Å². The van der Waals surface area contributed by atoms with Gasteiger partial charge in [-0.1, -0.05) is 24.3 Å². The Bertz CT molecular complexity index is 514. The average molecular weight is 214 g/mol. The summed E-state index contributed by atoms with van der Waals surface area (Å²) in [5, 5.41) is 4.38. The van der Waals surface area contributed by atoms with Gasteiger partial charge >= 0.3 is 0 Å². The fourth-order valence-electron chi connectivity index (χ4n) is 1.79. The van der Waals surface area contributed by atoms with E-state index in [1.54, 1.807) is 0 Å². The molecule has 0 aliphatic rings. The van der Waals surface area contributed by atoms with E-state index in [2.05, 4.69) is 5.10 Å². The molecule has 2 aromatic rings. The lowest BCUT2D eigenvalue weighted by atomic mass is 10.0. The second-order valence-corrected chi connectivity index (χ2v) is 3.69. The zero-order valence-corrected chi connectivity index (χ0v) is 9.47. The first-order valence-electron chi connectivity index (χ1n) is 5.35. The molecule has 0 saturated carbocycles. The minimum Gasteiger partial charge on any atom is -0.298 e. The first-order chi connectivity index (χ1) is 7.76. The number of aryl methyl sites for hydroxylation is 2. The third kappa shape index (κ3) is 1.76. The molecule has 1 heterocycles. The van der Waals surface area contributed by atoms with Gasteiger partial charge in [0.25, 0.3) is 0 Å². The maximum absolute atomic E-state index is 11.0. The summed E-state index contributed by atoms with van der Waals surface area (Å²) in [6, 6.07) is 7.58. The van der Waals surface area contributed by atoms with E-state index in [0.717, 1.165) is 29.7 Å². The van der Waals surface area contributed by atoms with Gasteiger partial charge in [-0.05, 0) is 19.4 Å². The van der Waals surface area contributed by atoms with Crippen molar-refractivity contribution in [1.82, 2.24) is 9.78 Å². The molecule has 0 radical (unpaired) electrons. The Morgan fingerprint density at radius 1 is 1.31 bits per heavy atom. The van der Waals surface area contributed by atoms with Crippen LogP contribution in [0.25, 0.3) is 11.1 Å². The summed E-state index contributed by atoms with van der Waals surface area (Å²) in [4.78, 5) is 11.0. The second kappa shape index (κ2) is 4.31. The zero-order chi connectivity index (χ0) is 11.5. The third-order valence-electron chi connectivity index (χ3n) is 2.65. The van der Waals surface area contributed by atoms with Crippen molar-refractivity contribution in [2.24, 2.45) is 0 Å². The summed E-state index contributed by atoms with van der Waals surface area (Å²) in [7, 11) is 0. The molecule has 3 heteroatoms. The number of hydrogen-bond donors (Lipinski definition) is 0. The normalized spacial score (nSPS) is 10.4. The Kier molecular flexibility index (Phi) is 2.86. The zero-order valence-electron chi connectivity index (χ0n) is 9.47. The highest BCUT2D eigenvalue weighted by molar-refractivity contribution is 5.87. The Morgan fingerprint density at radius 2 is 2.06 bits per heavy atom. The van der Waals surface area contributed by atoms with Gasteiger partial charge in [0.15, 0.2) is 6.29 Å². The van der Waals surface area contributed by atoms with E-state index >= 15 is 0 Å². The van der Waals surface area contributed by atoms with Crippen LogP contribution in [-0.4, -0.2) is 16.1 Å². The van der Waals surface area contributed by atoms with Crippen LogP contribution in [0.2, 0.25) is 0 Å². The van der Waals surface area contributed by atoms with Crippen LogP contribution in [0.3, 0.4) is 0 Å². The van der Waals surface area contributed by atoms with Crippen LogP contribution < -0.4 is 0 Å². The van der Waals surface area contributed by atoms with E-state index in [9.17, 15) is 4.79 Å². The summed E-state index contributed by atoms with van der Waals surface area (Å²) in [5.74, 6) is 0. The third-order valence-corrected chi connectivity index (χ3v) is 2.65. The molecule has 0 bridgehead atoms.